The van der Waals surface area contributed by atoms with Crippen LogP contribution in [0, 0.1) is 12.7 Å². The van der Waals surface area contributed by atoms with Crippen molar-refractivity contribution in [1.29, 1.82) is 0 Å². The number of amides is 2. The van der Waals surface area contributed by atoms with E-state index < -0.39 is 5.91 Å². The van der Waals surface area contributed by atoms with Gasteiger partial charge in [-0.1, -0.05) is 0 Å². The maximum absolute atomic E-state index is 13.3. The average molecular weight is 316 g/mol. The topological polar surface area (TPSA) is 67.4 Å². The van der Waals surface area contributed by atoms with Crippen molar-refractivity contribution in [1.82, 2.24) is 5.32 Å². The summed E-state index contributed by atoms with van der Waals surface area (Å²) in [5.41, 5.74) is 1.30. The van der Waals surface area contributed by atoms with Gasteiger partial charge in [0.05, 0.1) is 18.4 Å². The van der Waals surface area contributed by atoms with Crippen molar-refractivity contribution in [3.63, 3.8) is 0 Å². The van der Waals surface area contributed by atoms with Gasteiger partial charge in [0.15, 0.2) is 0 Å². The minimum atomic E-state index is -0.427. The molecule has 0 unspecified atom stereocenters. The molecule has 6 heteroatoms. The van der Waals surface area contributed by atoms with E-state index in [2.05, 4.69) is 10.6 Å². The molecule has 0 radical (unpaired) electrons. The fourth-order valence-electron chi connectivity index (χ4n) is 2.06. The molecule has 2 N–H and O–H groups in total. The van der Waals surface area contributed by atoms with E-state index in [1.165, 1.54) is 38.4 Å². The van der Waals surface area contributed by atoms with Crippen LogP contribution in [-0.4, -0.2) is 26.0 Å². The van der Waals surface area contributed by atoms with Crippen molar-refractivity contribution in [3.05, 3.63) is 58.9 Å². The summed E-state index contributed by atoms with van der Waals surface area (Å²) in [5, 5.41) is 5.17. The Bertz CT molecular complexity index is 759. The highest BCUT2D eigenvalue weighted by atomic mass is 19.1. The van der Waals surface area contributed by atoms with Gasteiger partial charge in [0, 0.05) is 12.6 Å². The van der Waals surface area contributed by atoms with Gasteiger partial charge in [-0.2, -0.15) is 0 Å². The summed E-state index contributed by atoms with van der Waals surface area (Å²) >= 11 is 0. The van der Waals surface area contributed by atoms with Crippen LogP contribution in [0.1, 0.15) is 26.3 Å². The van der Waals surface area contributed by atoms with Crippen LogP contribution in [0.2, 0.25) is 0 Å². The van der Waals surface area contributed by atoms with E-state index in [1.54, 1.807) is 19.1 Å². The Morgan fingerprint density at radius 3 is 2.43 bits per heavy atom. The SMILES string of the molecule is CNC(=O)c1cc(OC)ccc1NC(=O)c1ccc(F)c(C)c1. The second kappa shape index (κ2) is 6.91. The molecule has 0 aliphatic heterocycles. The summed E-state index contributed by atoms with van der Waals surface area (Å²) in [4.78, 5) is 24.3. The molecule has 5 nitrogen and oxygen atoms in total. The van der Waals surface area contributed by atoms with Crippen LogP contribution in [0.5, 0.6) is 5.75 Å². The number of carbonyl (C=O) groups excluding carboxylic acids is 2. The number of carbonyl (C=O) groups is 2. The van der Waals surface area contributed by atoms with E-state index >= 15 is 0 Å². The van der Waals surface area contributed by atoms with Crippen LogP contribution in [-0.2, 0) is 0 Å². The molecule has 0 aliphatic rings. The van der Waals surface area contributed by atoms with Crippen LogP contribution < -0.4 is 15.4 Å². The van der Waals surface area contributed by atoms with E-state index in [9.17, 15) is 14.0 Å². The second-order valence-electron chi connectivity index (χ2n) is 4.91. The Balaban J connectivity index is 2.33. The normalized spacial score (nSPS) is 10.1. The monoisotopic (exact) mass is 316 g/mol. The highest BCUT2D eigenvalue weighted by Crippen LogP contribution is 2.23. The maximum Gasteiger partial charge on any atom is 0.255 e. The number of aryl methyl sites for hydroxylation is 1. The van der Waals surface area contributed by atoms with Gasteiger partial charge in [-0.3, -0.25) is 9.59 Å². The summed E-state index contributed by atoms with van der Waals surface area (Å²) in [6, 6.07) is 8.83. The lowest BCUT2D eigenvalue weighted by atomic mass is 10.1. The molecule has 0 saturated carbocycles. The fourth-order valence-corrected chi connectivity index (χ4v) is 2.06. The number of nitrogens with one attached hydrogen (secondary N) is 2. The first-order valence-electron chi connectivity index (χ1n) is 6.94. The molecule has 0 fully saturated rings. The van der Waals surface area contributed by atoms with Gasteiger partial charge >= 0.3 is 0 Å². The molecule has 0 spiro atoms. The number of rotatable bonds is 4. The average Bonchev–Trinajstić information content (AvgIpc) is 2.56. The van der Waals surface area contributed by atoms with Gasteiger partial charge < -0.3 is 15.4 Å². The first kappa shape index (κ1) is 16.5. The zero-order valence-corrected chi connectivity index (χ0v) is 13.1. The predicted octanol–water partition coefficient (Wildman–Crippen LogP) is 2.75. The molecule has 23 heavy (non-hydrogen) atoms. The van der Waals surface area contributed by atoms with Gasteiger partial charge in [0.1, 0.15) is 11.6 Å². The fraction of sp³-hybridized carbons (Fsp3) is 0.176. The molecule has 0 aromatic heterocycles. The second-order valence-corrected chi connectivity index (χ2v) is 4.91. The van der Waals surface area contributed by atoms with Gasteiger partial charge in [-0.05, 0) is 48.9 Å². The molecule has 0 bridgehead atoms. The Morgan fingerprint density at radius 1 is 1.09 bits per heavy atom. The van der Waals surface area contributed by atoms with Crippen LogP contribution in [0.25, 0.3) is 0 Å². The van der Waals surface area contributed by atoms with E-state index in [0.717, 1.165) is 0 Å². The third kappa shape index (κ3) is 3.66. The van der Waals surface area contributed by atoms with Crippen LogP contribution in [0.3, 0.4) is 0 Å². The smallest absolute Gasteiger partial charge is 0.255 e. The first-order valence-corrected chi connectivity index (χ1v) is 6.94. The number of benzene rings is 2. The van der Waals surface area contributed by atoms with E-state index in [4.69, 9.17) is 4.74 Å². The summed E-state index contributed by atoms with van der Waals surface area (Å²) in [7, 11) is 2.99. The van der Waals surface area contributed by atoms with Crippen LogP contribution in [0.15, 0.2) is 36.4 Å². The van der Waals surface area contributed by atoms with Gasteiger partial charge in [-0.15, -0.1) is 0 Å². The van der Waals surface area contributed by atoms with E-state index in [-0.39, 0.29) is 17.3 Å². The van der Waals surface area contributed by atoms with Crippen molar-refractivity contribution in [2.75, 3.05) is 19.5 Å². The lowest BCUT2D eigenvalue weighted by Crippen LogP contribution is -2.21. The largest absolute Gasteiger partial charge is 0.497 e. The predicted molar refractivity (Wildman–Crippen MR) is 85.5 cm³/mol. The maximum atomic E-state index is 13.3. The van der Waals surface area contributed by atoms with E-state index in [1.807, 2.05) is 0 Å². The summed E-state index contributed by atoms with van der Waals surface area (Å²) in [6.07, 6.45) is 0. The molecule has 0 atom stereocenters. The van der Waals surface area contributed by atoms with Crippen molar-refractivity contribution >= 4 is 17.5 Å². The summed E-state index contributed by atoms with van der Waals surface area (Å²) in [6.45, 7) is 1.58. The van der Waals surface area contributed by atoms with Crippen molar-refractivity contribution in [2.45, 2.75) is 6.92 Å². The number of halogens is 1. The summed E-state index contributed by atoms with van der Waals surface area (Å²) < 4.78 is 18.4. The van der Waals surface area contributed by atoms with Crippen molar-refractivity contribution < 1.29 is 18.7 Å². The minimum Gasteiger partial charge on any atom is -0.497 e. The van der Waals surface area contributed by atoms with Gasteiger partial charge in [0.2, 0.25) is 0 Å². The highest BCUT2D eigenvalue weighted by molar-refractivity contribution is 6.09. The van der Waals surface area contributed by atoms with E-state index in [0.29, 0.717) is 22.6 Å². The number of hydrogen-bond acceptors (Lipinski definition) is 3. The molecule has 120 valence electrons. The molecule has 2 aromatic carbocycles. The minimum absolute atomic E-state index is 0.277. The number of hydrogen-bond donors (Lipinski definition) is 2. The third-order valence-electron chi connectivity index (χ3n) is 3.37. The summed E-state index contributed by atoms with van der Waals surface area (Å²) in [5.74, 6) is -0.658. The Hall–Kier alpha value is -2.89. The first-order chi connectivity index (χ1) is 11.0. The zero-order chi connectivity index (χ0) is 17.0. The molecular formula is C17H17FN2O3. The molecular weight excluding hydrogens is 299 g/mol. The molecule has 2 rings (SSSR count). The standard InChI is InChI=1S/C17H17FN2O3/c1-10-8-11(4-6-14(10)18)16(21)20-15-7-5-12(23-3)9-13(15)17(22)19-2/h4-9H,1-3H3,(H,19,22)(H,20,21). The van der Waals surface area contributed by atoms with Gasteiger partial charge in [-0.25, -0.2) is 4.39 Å². The Labute approximate surface area is 133 Å². The molecule has 2 aromatic rings. The number of anilines is 1. The molecule has 0 saturated heterocycles. The molecule has 0 heterocycles. The van der Waals surface area contributed by atoms with Crippen molar-refractivity contribution in [3.8, 4) is 5.75 Å². The zero-order valence-electron chi connectivity index (χ0n) is 13.1. The third-order valence-corrected chi connectivity index (χ3v) is 3.37. The molecule has 0 aliphatic carbocycles. The quantitative estimate of drug-likeness (QED) is 0.911. The van der Waals surface area contributed by atoms with Crippen LogP contribution in [0.4, 0.5) is 10.1 Å². The van der Waals surface area contributed by atoms with Crippen molar-refractivity contribution in [2.24, 2.45) is 0 Å². The lowest BCUT2D eigenvalue weighted by Gasteiger charge is -2.12. The number of ether oxygens (including phenoxy) is 1. The van der Waals surface area contributed by atoms with Crippen LogP contribution >= 0.6 is 0 Å². The number of methoxy groups -OCH3 is 1. The Kier molecular flexibility index (Phi) is 4.95. The van der Waals surface area contributed by atoms with Gasteiger partial charge in [0.25, 0.3) is 11.8 Å². The molecule has 2 amide bonds. The lowest BCUT2D eigenvalue weighted by molar-refractivity contribution is 0.0963. The highest BCUT2D eigenvalue weighted by Gasteiger charge is 2.15. The Morgan fingerprint density at radius 2 is 1.83 bits per heavy atom.